The van der Waals surface area contributed by atoms with Crippen LogP contribution in [-0.2, 0) is 20.7 Å². The van der Waals surface area contributed by atoms with E-state index in [9.17, 15) is 14.0 Å². The minimum absolute atomic E-state index is 0.0927. The summed E-state index contributed by atoms with van der Waals surface area (Å²) in [4.78, 5) is 25.1. The summed E-state index contributed by atoms with van der Waals surface area (Å²) in [5, 5.41) is 0. The fraction of sp³-hybridized carbons (Fsp3) is 0.636. The van der Waals surface area contributed by atoms with Gasteiger partial charge in [0.1, 0.15) is 17.2 Å². The highest BCUT2D eigenvalue weighted by atomic mass is 19.1. The van der Waals surface area contributed by atoms with Crippen LogP contribution < -0.4 is 4.74 Å². The number of likely N-dealkylation sites (tertiary alicyclic amines) is 1. The Balaban J connectivity index is 1.67. The van der Waals surface area contributed by atoms with E-state index in [2.05, 4.69) is 4.74 Å². The lowest BCUT2D eigenvalue weighted by Gasteiger charge is -2.33. The summed E-state index contributed by atoms with van der Waals surface area (Å²) in [5.41, 5.74) is -0.177. The van der Waals surface area contributed by atoms with Crippen LogP contribution in [0.25, 0.3) is 0 Å². The van der Waals surface area contributed by atoms with Crippen LogP contribution in [0, 0.1) is 11.7 Å². The molecule has 0 saturated carbocycles. The van der Waals surface area contributed by atoms with E-state index in [1.54, 1.807) is 17.0 Å². The summed E-state index contributed by atoms with van der Waals surface area (Å²) in [6.07, 6.45) is 3.45. The second kappa shape index (κ2) is 10.5. The maximum atomic E-state index is 14.0. The lowest BCUT2D eigenvalue weighted by molar-refractivity contribution is -0.139. The van der Waals surface area contributed by atoms with Crippen LogP contribution in [0.5, 0.6) is 5.75 Å². The number of nitrogens with zero attached hydrogens (tertiary/aromatic N) is 1. The molecule has 1 heterocycles. The molecule has 0 atom stereocenters. The Morgan fingerprint density at radius 2 is 1.90 bits per heavy atom. The molecular weight excluding hydrogens is 377 g/mol. The fourth-order valence-electron chi connectivity index (χ4n) is 3.28. The average molecular weight is 409 g/mol. The van der Waals surface area contributed by atoms with Crippen molar-refractivity contribution in [3.8, 4) is 5.75 Å². The zero-order valence-corrected chi connectivity index (χ0v) is 17.8. The number of carbonyl (C=O) groups excluding carboxylic acids is 2. The van der Waals surface area contributed by atoms with Crippen molar-refractivity contribution in [2.24, 2.45) is 5.92 Å². The molecule has 1 aromatic carbocycles. The second-order valence-electron chi connectivity index (χ2n) is 8.41. The van der Waals surface area contributed by atoms with Gasteiger partial charge in [-0.1, -0.05) is 6.07 Å². The molecule has 1 saturated heterocycles. The van der Waals surface area contributed by atoms with Crippen LogP contribution in [0.3, 0.4) is 0 Å². The highest BCUT2D eigenvalue weighted by Crippen LogP contribution is 2.24. The van der Waals surface area contributed by atoms with E-state index in [4.69, 9.17) is 9.47 Å². The molecule has 1 aliphatic rings. The number of benzene rings is 1. The van der Waals surface area contributed by atoms with Crippen LogP contribution >= 0.6 is 0 Å². The van der Waals surface area contributed by atoms with Crippen LogP contribution in [0.2, 0.25) is 0 Å². The third-order valence-corrected chi connectivity index (χ3v) is 4.88. The normalized spacial score (nSPS) is 15.1. The van der Waals surface area contributed by atoms with Crippen molar-refractivity contribution >= 4 is 12.1 Å². The predicted octanol–water partition coefficient (Wildman–Crippen LogP) is 4.35. The zero-order chi connectivity index (χ0) is 21.4. The second-order valence-corrected chi connectivity index (χ2v) is 8.41. The van der Waals surface area contributed by atoms with E-state index in [-0.39, 0.29) is 12.5 Å². The van der Waals surface area contributed by atoms with Gasteiger partial charge >= 0.3 is 12.1 Å². The van der Waals surface area contributed by atoms with Gasteiger partial charge in [-0.25, -0.2) is 9.18 Å². The minimum atomic E-state index is -0.477. The number of halogens is 1. The first kappa shape index (κ1) is 23.0. The summed E-state index contributed by atoms with van der Waals surface area (Å²) in [5.74, 6) is 0.0602. The van der Waals surface area contributed by atoms with E-state index in [1.807, 2.05) is 20.8 Å². The van der Waals surface area contributed by atoms with E-state index in [0.717, 1.165) is 25.7 Å². The molecule has 0 bridgehead atoms. The van der Waals surface area contributed by atoms with Crippen molar-refractivity contribution in [1.29, 1.82) is 0 Å². The average Bonchev–Trinajstić information content (AvgIpc) is 2.66. The molecule has 162 valence electrons. The Hall–Kier alpha value is -2.31. The molecule has 7 heteroatoms. The first-order valence-electron chi connectivity index (χ1n) is 10.1. The molecule has 1 aromatic rings. The largest absolute Gasteiger partial charge is 0.493 e. The molecule has 2 rings (SSSR count). The van der Waals surface area contributed by atoms with Gasteiger partial charge in [0.2, 0.25) is 0 Å². The molecule has 1 aliphatic heterocycles. The number of carbonyl (C=O) groups is 2. The monoisotopic (exact) mass is 409 g/mol. The summed E-state index contributed by atoms with van der Waals surface area (Å²) in [7, 11) is 1.28. The SMILES string of the molecule is COC(=O)Cc1ccc(OCCCC2CCN(C(=O)OC(C)(C)C)CC2)cc1F. The van der Waals surface area contributed by atoms with Crippen LogP contribution in [0.1, 0.15) is 52.0 Å². The number of ether oxygens (including phenoxy) is 3. The van der Waals surface area contributed by atoms with Gasteiger partial charge in [-0.05, 0) is 64.0 Å². The Labute approximate surface area is 172 Å². The van der Waals surface area contributed by atoms with E-state index in [0.29, 0.717) is 36.9 Å². The van der Waals surface area contributed by atoms with Crippen molar-refractivity contribution in [2.75, 3.05) is 26.8 Å². The van der Waals surface area contributed by atoms with Crippen LogP contribution in [0.15, 0.2) is 18.2 Å². The molecule has 6 nitrogen and oxygen atoms in total. The number of piperidine rings is 1. The van der Waals surface area contributed by atoms with Crippen molar-refractivity contribution in [1.82, 2.24) is 4.90 Å². The molecule has 0 radical (unpaired) electrons. The lowest BCUT2D eigenvalue weighted by Crippen LogP contribution is -2.41. The summed E-state index contributed by atoms with van der Waals surface area (Å²) < 4.78 is 29.6. The smallest absolute Gasteiger partial charge is 0.410 e. The number of rotatable bonds is 7. The maximum absolute atomic E-state index is 14.0. The van der Waals surface area contributed by atoms with E-state index in [1.165, 1.54) is 13.2 Å². The van der Waals surface area contributed by atoms with Crippen LogP contribution in [-0.4, -0.2) is 49.4 Å². The van der Waals surface area contributed by atoms with Gasteiger partial charge < -0.3 is 19.1 Å². The Bertz CT molecular complexity index is 693. The van der Waals surface area contributed by atoms with Crippen molar-refractivity contribution in [3.05, 3.63) is 29.6 Å². The highest BCUT2D eigenvalue weighted by molar-refractivity contribution is 5.72. The Morgan fingerprint density at radius 3 is 2.48 bits per heavy atom. The number of esters is 1. The molecule has 29 heavy (non-hydrogen) atoms. The van der Waals surface area contributed by atoms with Gasteiger partial charge in [0.15, 0.2) is 0 Å². The molecule has 0 spiro atoms. The third-order valence-electron chi connectivity index (χ3n) is 4.88. The number of hydrogen-bond donors (Lipinski definition) is 0. The molecule has 1 fully saturated rings. The lowest BCUT2D eigenvalue weighted by atomic mass is 9.92. The first-order valence-corrected chi connectivity index (χ1v) is 10.1. The molecule has 0 N–H and O–H groups in total. The molecule has 0 unspecified atom stereocenters. The Morgan fingerprint density at radius 1 is 1.21 bits per heavy atom. The van der Waals surface area contributed by atoms with Gasteiger partial charge in [0.25, 0.3) is 0 Å². The van der Waals surface area contributed by atoms with Gasteiger partial charge in [-0.3, -0.25) is 4.79 Å². The molecular formula is C22H32FNO5. The van der Waals surface area contributed by atoms with Crippen molar-refractivity contribution in [3.63, 3.8) is 0 Å². The summed E-state index contributed by atoms with van der Waals surface area (Å²) >= 11 is 0. The van der Waals surface area contributed by atoms with Crippen molar-refractivity contribution < 1.29 is 28.2 Å². The van der Waals surface area contributed by atoms with Gasteiger partial charge in [0, 0.05) is 19.2 Å². The van der Waals surface area contributed by atoms with Crippen molar-refractivity contribution in [2.45, 2.75) is 58.5 Å². The maximum Gasteiger partial charge on any atom is 0.410 e. The highest BCUT2D eigenvalue weighted by Gasteiger charge is 2.26. The molecule has 0 aliphatic carbocycles. The number of methoxy groups -OCH3 is 1. The molecule has 0 aromatic heterocycles. The zero-order valence-electron chi connectivity index (χ0n) is 17.8. The van der Waals surface area contributed by atoms with Crippen LogP contribution in [0.4, 0.5) is 9.18 Å². The third kappa shape index (κ3) is 7.91. The van der Waals surface area contributed by atoms with Gasteiger partial charge in [-0.2, -0.15) is 0 Å². The number of hydrogen-bond acceptors (Lipinski definition) is 5. The minimum Gasteiger partial charge on any atom is -0.493 e. The predicted molar refractivity (Wildman–Crippen MR) is 107 cm³/mol. The van der Waals surface area contributed by atoms with E-state index >= 15 is 0 Å². The summed E-state index contributed by atoms with van der Waals surface area (Å²) in [6.45, 7) is 7.55. The first-order chi connectivity index (χ1) is 13.7. The summed E-state index contributed by atoms with van der Waals surface area (Å²) in [6, 6.07) is 4.52. The van der Waals surface area contributed by atoms with E-state index < -0.39 is 17.4 Å². The van der Waals surface area contributed by atoms with Gasteiger partial charge in [-0.15, -0.1) is 0 Å². The fourth-order valence-corrected chi connectivity index (χ4v) is 3.28. The Kier molecular flexibility index (Phi) is 8.29. The molecule has 1 amide bonds. The number of amides is 1. The topological polar surface area (TPSA) is 65.1 Å². The quantitative estimate of drug-likeness (QED) is 0.495. The standard InChI is InChI=1S/C22H32FNO5/c1-22(2,3)29-21(26)24-11-9-16(10-12-24)6-5-13-28-18-8-7-17(19(23)15-18)14-20(25)27-4/h7-8,15-16H,5-6,9-14H2,1-4H3. The van der Waals surface area contributed by atoms with Gasteiger partial charge in [0.05, 0.1) is 20.1 Å².